The second-order valence-corrected chi connectivity index (χ2v) is 6.29. The van der Waals surface area contributed by atoms with Gasteiger partial charge in [0.25, 0.3) is 0 Å². The minimum atomic E-state index is -0.425. The van der Waals surface area contributed by atoms with Crippen molar-refractivity contribution in [2.75, 3.05) is 13.1 Å². The van der Waals surface area contributed by atoms with Crippen LogP contribution in [0.5, 0.6) is 0 Å². The first-order valence-corrected chi connectivity index (χ1v) is 7.87. The minimum absolute atomic E-state index is 0.0497. The predicted octanol–water partition coefficient (Wildman–Crippen LogP) is 0.877. The van der Waals surface area contributed by atoms with E-state index in [-0.39, 0.29) is 17.9 Å². The summed E-state index contributed by atoms with van der Waals surface area (Å²) in [5, 5.41) is 3.04. The Kier molecular flexibility index (Phi) is 5.02. The van der Waals surface area contributed by atoms with Crippen molar-refractivity contribution < 1.29 is 9.59 Å². The summed E-state index contributed by atoms with van der Waals surface area (Å²) < 4.78 is 0. The number of hydrogen-bond donors (Lipinski definition) is 2. The molecule has 1 unspecified atom stereocenters. The third kappa shape index (κ3) is 3.72. The van der Waals surface area contributed by atoms with Gasteiger partial charge < -0.3 is 16.0 Å². The molecule has 1 aliphatic heterocycles. The van der Waals surface area contributed by atoms with Crippen LogP contribution in [0.1, 0.15) is 46.0 Å². The van der Waals surface area contributed by atoms with Crippen molar-refractivity contribution in [1.82, 2.24) is 10.2 Å². The zero-order valence-electron chi connectivity index (χ0n) is 12.6. The average Bonchev–Trinajstić information content (AvgIpc) is 3.30. The van der Waals surface area contributed by atoms with Crippen molar-refractivity contribution in [3.8, 4) is 0 Å². The molecule has 0 aromatic carbocycles. The Balaban J connectivity index is 1.73. The monoisotopic (exact) mass is 281 g/mol. The quantitative estimate of drug-likeness (QED) is 0.785. The van der Waals surface area contributed by atoms with Crippen LogP contribution in [0.3, 0.4) is 0 Å². The van der Waals surface area contributed by atoms with Gasteiger partial charge in [-0.25, -0.2) is 0 Å². The van der Waals surface area contributed by atoms with Crippen LogP contribution in [-0.2, 0) is 9.59 Å². The molecule has 5 nitrogen and oxygen atoms in total. The first-order chi connectivity index (χ1) is 9.52. The molecule has 1 aliphatic carbocycles. The highest BCUT2D eigenvalue weighted by molar-refractivity contribution is 5.82. The molecular formula is C15H27N3O2. The second kappa shape index (κ2) is 6.57. The van der Waals surface area contributed by atoms with E-state index >= 15 is 0 Å². The van der Waals surface area contributed by atoms with E-state index in [0.29, 0.717) is 11.8 Å². The number of rotatable bonds is 5. The van der Waals surface area contributed by atoms with E-state index in [9.17, 15) is 9.59 Å². The molecule has 1 saturated carbocycles. The fourth-order valence-corrected chi connectivity index (χ4v) is 2.64. The number of hydrogen-bond acceptors (Lipinski definition) is 3. The molecule has 0 bridgehead atoms. The molecule has 114 valence electrons. The first-order valence-electron chi connectivity index (χ1n) is 7.87. The Morgan fingerprint density at radius 3 is 2.35 bits per heavy atom. The number of piperidine rings is 1. The number of amides is 2. The standard InChI is InChI=1S/C15H27N3O2/c1-3-10(2)13(16)14(19)17-12-6-8-18(9-7-12)15(20)11-4-5-11/h10-13H,3-9,16H2,1-2H3,(H,17,19)/t10?,13-/m0/s1. The van der Waals surface area contributed by atoms with Gasteiger partial charge in [0.15, 0.2) is 0 Å². The number of nitrogens with two attached hydrogens (primary N) is 1. The van der Waals surface area contributed by atoms with Crippen LogP contribution >= 0.6 is 0 Å². The smallest absolute Gasteiger partial charge is 0.237 e. The average molecular weight is 281 g/mol. The molecule has 0 spiro atoms. The van der Waals surface area contributed by atoms with Crippen molar-refractivity contribution in [3.63, 3.8) is 0 Å². The topological polar surface area (TPSA) is 75.4 Å². The van der Waals surface area contributed by atoms with Crippen LogP contribution in [0.2, 0.25) is 0 Å². The molecule has 1 saturated heterocycles. The highest BCUT2D eigenvalue weighted by Crippen LogP contribution is 2.31. The van der Waals surface area contributed by atoms with E-state index in [1.807, 2.05) is 18.7 Å². The Bertz CT molecular complexity index is 360. The molecule has 1 heterocycles. The molecule has 2 fully saturated rings. The molecule has 0 aromatic rings. The van der Waals surface area contributed by atoms with Gasteiger partial charge in [-0.3, -0.25) is 9.59 Å². The minimum Gasteiger partial charge on any atom is -0.352 e. The lowest BCUT2D eigenvalue weighted by Gasteiger charge is -2.33. The van der Waals surface area contributed by atoms with Crippen LogP contribution in [-0.4, -0.2) is 41.9 Å². The molecular weight excluding hydrogens is 254 g/mol. The van der Waals surface area contributed by atoms with Gasteiger partial charge in [0, 0.05) is 25.0 Å². The van der Waals surface area contributed by atoms with Crippen molar-refractivity contribution in [1.29, 1.82) is 0 Å². The van der Waals surface area contributed by atoms with E-state index in [0.717, 1.165) is 45.2 Å². The van der Waals surface area contributed by atoms with Gasteiger partial charge >= 0.3 is 0 Å². The van der Waals surface area contributed by atoms with E-state index < -0.39 is 6.04 Å². The fraction of sp³-hybridized carbons (Fsp3) is 0.867. The maximum absolute atomic E-state index is 12.0. The largest absolute Gasteiger partial charge is 0.352 e. The normalized spacial score (nSPS) is 23.2. The van der Waals surface area contributed by atoms with Crippen molar-refractivity contribution >= 4 is 11.8 Å². The Morgan fingerprint density at radius 1 is 1.25 bits per heavy atom. The Morgan fingerprint density at radius 2 is 1.85 bits per heavy atom. The molecule has 20 heavy (non-hydrogen) atoms. The summed E-state index contributed by atoms with van der Waals surface area (Å²) in [5.74, 6) is 0.754. The Labute approximate surface area is 121 Å². The summed E-state index contributed by atoms with van der Waals surface area (Å²) in [6, 6.07) is -0.257. The number of nitrogens with one attached hydrogen (secondary N) is 1. The zero-order valence-corrected chi connectivity index (χ0v) is 12.6. The third-order valence-corrected chi connectivity index (χ3v) is 4.64. The van der Waals surface area contributed by atoms with Crippen molar-refractivity contribution in [2.45, 2.75) is 58.0 Å². The van der Waals surface area contributed by atoms with Crippen LogP contribution in [0.15, 0.2) is 0 Å². The number of carbonyl (C=O) groups is 2. The summed E-state index contributed by atoms with van der Waals surface area (Å²) in [6.07, 6.45) is 4.70. The molecule has 2 amide bonds. The van der Waals surface area contributed by atoms with Crippen molar-refractivity contribution in [3.05, 3.63) is 0 Å². The van der Waals surface area contributed by atoms with Crippen LogP contribution in [0.4, 0.5) is 0 Å². The lowest BCUT2D eigenvalue weighted by molar-refractivity contribution is -0.133. The van der Waals surface area contributed by atoms with E-state index in [1.54, 1.807) is 0 Å². The lowest BCUT2D eigenvalue weighted by Crippen LogP contribution is -2.52. The molecule has 2 aliphatic rings. The van der Waals surface area contributed by atoms with Gasteiger partial charge in [0.1, 0.15) is 0 Å². The van der Waals surface area contributed by atoms with Crippen molar-refractivity contribution in [2.24, 2.45) is 17.6 Å². The van der Waals surface area contributed by atoms with E-state index in [2.05, 4.69) is 5.32 Å². The molecule has 2 rings (SSSR count). The number of nitrogens with zero attached hydrogens (tertiary/aromatic N) is 1. The number of likely N-dealkylation sites (tertiary alicyclic amines) is 1. The third-order valence-electron chi connectivity index (χ3n) is 4.64. The van der Waals surface area contributed by atoms with Gasteiger partial charge in [-0.1, -0.05) is 20.3 Å². The SMILES string of the molecule is CCC(C)[C@H](N)C(=O)NC1CCN(C(=O)C2CC2)CC1. The van der Waals surface area contributed by atoms with Gasteiger partial charge in [0.05, 0.1) is 6.04 Å². The van der Waals surface area contributed by atoms with Crippen LogP contribution < -0.4 is 11.1 Å². The molecule has 0 aromatic heterocycles. The van der Waals surface area contributed by atoms with Crippen LogP contribution in [0, 0.1) is 11.8 Å². The summed E-state index contributed by atoms with van der Waals surface area (Å²) in [6.45, 7) is 5.57. The summed E-state index contributed by atoms with van der Waals surface area (Å²) >= 11 is 0. The summed E-state index contributed by atoms with van der Waals surface area (Å²) in [4.78, 5) is 25.9. The predicted molar refractivity (Wildman–Crippen MR) is 77.9 cm³/mol. The molecule has 2 atom stereocenters. The molecule has 3 N–H and O–H groups in total. The van der Waals surface area contributed by atoms with Gasteiger partial charge in [-0.05, 0) is 31.6 Å². The highest BCUT2D eigenvalue weighted by Gasteiger charge is 2.35. The lowest BCUT2D eigenvalue weighted by atomic mass is 9.98. The van der Waals surface area contributed by atoms with Crippen LogP contribution in [0.25, 0.3) is 0 Å². The molecule has 0 radical (unpaired) electrons. The fourth-order valence-electron chi connectivity index (χ4n) is 2.64. The van der Waals surface area contributed by atoms with E-state index in [4.69, 9.17) is 5.73 Å². The number of carbonyl (C=O) groups excluding carboxylic acids is 2. The maximum Gasteiger partial charge on any atom is 0.237 e. The highest BCUT2D eigenvalue weighted by atomic mass is 16.2. The second-order valence-electron chi connectivity index (χ2n) is 6.29. The van der Waals surface area contributed by atoms with Gasteiger partial charge in [0.2, 0.25) is 11.8 Å². The van der Waals surface area contributed by atoms with Gasteiger partial charge in [-0.2, -0.15) is 0 Å². The first kappa shape index (κ1) is 15.3. The Hall–Kier alpha value is -1.10. The zero-order chi connectivity index (χ0) is 14.7. The summed E-state index contributed by atoms with van der Waals surface area (Å²) in [5.41, 5.74) is 5.94. The maximum atomic E-state index is 12.0. The van der Waals surface area contributed by atoms with E-state index in [1.165, 1.54) is 0 Å². The van der Waals surface area contributed by atoms with Gasteiger partial charge in [-0.15, -0.1) is 0 Å². The summed E-state index contributed by atoms with van der Waals surface area (Å²) in [7, 11) is 0. The molecule has 5 heteroatoms.